The zero-order valence-corrected chi connectivity index (χ0v) is 56.8. The van der Waals surface area contributed by atoms with Gasteiger partial charge in [-0.05, 0) is 107 Å². The molecule has 1 aliphatic rings. The van der Waals surface area contributed by atoms with Gasteiger partial charge in [-0.25, -0.2) is 0 Å². The summed E-state index contributed by atoms with van der Waals surface area (Å²) in [6.45, 7) is 29.3. The summed E-state index contributed by atoms with van der Waals surface area (Å²) in [6, 6.07) is -13.5. The van der Waals surface area contributed by atoms with Gasteiger partial charge < -0.3 is 60.7 Å². The fraction of sp³-hybridized carbons (Fsp3) is 0.794. The molecule has 12 atom stereocenters. The van der Waals surface area contributed by atoms with Crippen molar-refractivity contribution in [2.75, 3.05) is 55.9 Å². The Hall–Kier alpha value is -6.13. The fourth-order valence-electron chi connectivity index (χ4n) is 11.0. The summed E-state index contributed by atoms with van der Waals surface area (Å²) in [6.07, 6.45) is 5.10. The van der Waals surface area contributed by atoms with Crippen LogP contribution < -0.4 is 21.3 Å². The summed E-state index contributed by atoms with van der Waals surface area (Å²) in [7, 11) is 9.99. The normalized spacial score (nSPS) is 27.2. The van der Waals surface area contributed by atoms with Gasteiger partial charge in [0.2, 0.25) is 65.0 Å². The Kier molecular flexibility index (Phi) is 32.3. The minimum atomic E-state index is -1.55. The molecule has 0 spiro atoms. The topological polar surface area (TPSA) is 279 Å². The van der Waals surface area contributed by atoms with Crippen molar-refractivity contribution in [3.8, 4) is 0 Å². The number of amides is 11. The van der Waals surface area contributed by atoms with Crippen LogP contribution in [0.25, 0.3) is 0 Å². The van der Waals surface area contributed by atoms with Crippen LogP contribution in [-0.4, -0.2) is 227 Å². The molecule has 86 heavy (non-hydrogen) atoms. The Morgan fingerprint density at radius 3 is 1.20 bits per heavy atom. The lowest BCUT2D eigenvalue weighted by Crippen LogP contribution is -2.62. The van der Waals surface area contributed by atoms with E-state index in [1.54, 1.807) is 34.6 Å². The molecule has 492 valence electrons. The lowest BCUT2D eigenvalue weighted by Gasteiger charge is -2.41. The highest BCUT2D eigenvalue weighted by Gasteiger charge is 2.45. The van der Waals surface area contributed by atoms with E-state index < -0.39 is 150 Å². The fourth-order valence-corrected chi connectivity index (χ4v) is 11.0. The number of aliphatic hydroxyl groups is 1. The molecule has 0 bridgehead atoms. The number of aliphatic hydroxyl groups excluding tert-OH is 1. The standard InChI is InChI=1S/C63H113N11O12/c1-25-27-28-41(15)33-47-55(78)66-44(26-2)58(81)73(23)50(34-75)61(84)68(18)46(30-36(5)6)56(79)67-51(39(11)12)62(85)69(19)45(29-35(3)4)54(77)64-42(16)53(76)65-43(17)57(80)71(21)48(31-37(7)8)59(82)72(22)49(32-38(9)10)60(83)74(24)52(40(13)14)63(86)70(47)20/h25,27,35-52,75H,26,28-34H2,1-24H3,(H,64,77)(H,65,76)(H,66,78)(H,67,79)/b27-25+/t41-,42-,43+,44+,45-,46+,47+,48-,49+,50?,51-,52+/m1/s1. The summed E-state index contributed by atoms with van der Waals surface area (Å²) < 4.78 is 0. The molecule has 5 N–H and O–H groups in total. The molecule has 0 radical (unpaired) electrons. The highest BCUT2D eigenvalue weighted by Crippen LogP contribution is 2.26. The van der Waals surface area contributed by atoms with Gasteiger partial charge in [0.15, 0.2) is 0 Å². The number of likely N-dealkylation sites (N-methyl/N-ethyl adjacent to an activating group) is 7. The summed E-state index contributed by atoms with van der Waals surface area (Å²) in [5, 5.41) is 21.9. The van der Waals surface area contributed by atoms with Gasteiger partial charge in [-0.2, -0.15) is 0 Å². The molecule has 0 aromatic carbocycles. The number of hydrogen-bond acceptors (Lipinski definition) is 12. The number of rotatable bonds is 16. The van der Waals surface area contributed by atoms with Gasteiger partial charge in [0.05, 0.1) is 6.61 Å². The maximum atomic E-state index is 15.1. The zero-order chi connectivity index (χ0) is 66.7. The number of allylic oxidation sites excluding steroid dienone is 2. The van der Waals surface area contributed by atoms with E-state index in [1.807, 2.05) is 81.4 Å². The Labute approximate surface area is 515 Å². The molecule has 0 saturated carbocycles. The minimum Gasteiger partial charge on any atom is -0.394 e. The van der Waals surface area contributed by atoms with Gasteiger partial charge >= 0.3 is 0 Å². The number of carbonyl (C=O) groups excluding carboxylic acids is 11. The minimum absolute atomic E-state index is 0.0249. The van der Waals surface area contributed by atoms with E-state index in [0.717, 1.165) is 9.80 Å². The summed E-state index contributed by atoms with van der Waals surface area (Å²) in [4.78, 5) is 170. The summed E-state index contributed by atoms with van der Waals surface area (Å²) in [5.74, 6) is -9.18. The van der Waals surface area contributed by atoms with Gasteiger partial charge in [0, 0.05) is 49.3 Å². The van der Waals surface area contributed by atoms with E-state index in [2.05, 4.69) is 21.3 Å². The van der Waals surface area contributed by atoms with Crippen LogP contribution in [0.4, 0.5) is 0 Å². The van der Waals surface area contributed by atoms with Gasteiger partial charge in [-0.3, -0.25) is 52.7 Å². The molecule has 1 aliphatic heterocycles. The Balaban J connectivity index is 4.36. The third-order valence-corrected chi connectivity index (χ3v) is 16.4. The van der Waals surface area contributed by atoms with Gasteiger partial charge in [-0.1, -0.05) is 109 Å². The molecule has 1 unspecified atom stereocenters. The lowest BCUT2D eigenvalue weighted by molar-refractivity contribution is -0.156. The average Bonchev–Trinajstić information content (AvgIpc) is 1.27. The monoisotopic (exact) mass is 1220 g/mol. The summed E-state index contributed by atoms with van der Waals surface area (Å²) in [5.41, 5.74) is 0. The number of nitrogens with zero attached hydrogens (tertiary/aromatic N) is 7. The largest absolute Gasteiger partial charge is 0.394 e. The first-order valence-electron chi connectivity index (χ1n) is 31.1. The second kappa shape index (κ2) is 35.6. The van der Waals surface area contributed by atoms with Gasteiger partial charge in [0.25, 0.3) is 0 Å². The lowest BCUT2D eigenvalue weighted by atomic mass is 9.93. The van der Waals surface area contributed by atoms with Crippen LogP contribution in [0.1, 0.15) is 163 Å². The van der Waals surface area contributed by atoms with Gasteiger partial charge in [0.1, 0.15) is 66.5 Å². The number of hydrogen-bond donors (Lipinski definition) is 5. The van der Waals surface area contributed by atoms with Gasteiger partial charge in [-0.15, -0.1) is 0 Å². The molecule has 1 fully saturated rings. The predicted molar refractivity (Wildman–Crippen MR) is 333 cm³/mol. The van der Waals surface area contributed by atoms with Crippen LogP contribution in [0.2, 0.25) is 0 Å². The van der Waals surface area contributed by atoms with E-state index in [4.69, 9.17) is 0 Å². The second-order valence-corrected chi connectivity index (χ2v) is 26.4. The smallest absolute Gasteiger partial charge is 0.248 e. The van der Waals surface area contributed by atoms with Crippen molar-refractivity contribution >= 4 is 65.0 Å². The first-order chi connectivity index (χ1) is 39.7. The SMILES string of the molecule is C/C=C/C[C@@H](C)C[C@H]1C(=O)N[C@@H](CC)C(=O)N(C)C(CO)C(=O)N(C)[C@@H](CC(C)C)C(=O)N[C@H](C(C)C)C(=O)N(C)[C@H](CC(C)C)C(=O)N[C@H](C)C(=O)N[C@@H](C)C(=O)N(C)[C@H](CC(C)C)C(=O)N(C)[C@@H](CC(C)C)C(=O)N(C)[C@@H](C(C)C)C(=O)N1C. The first kappa shape index (κ1) is 77.9. The molecule has 23 heteroatoms. The van der Waals surface area contributed by atoms with E-state index in [1.165, 1.54) is 87.7 Å². The van der Waals surface area contributed by atoms with Crippen molar-refractivity contribution < 1.29 is 57.8 Å². The molecule has 0 aromatic rings. The van der Waals surface area contributed by atoms with Crippen molar-refractivity contribution in [3.63, 3.8) is 0 Å². The van der Waals surface area contributed by atoms with Crippen molar-refractivity contribution in [2.45, 2.75) is 229 Å². The Bertz CT molecular complexity index is 2340. The molecule has 1 saturated heterocycles. The van der Waals surface area contributed by atoms with E-state index >= 15 is 9.59 Å². The van der Waals surface area contributed by atoms with Crippen LogP contribution >= 0.6 is 0 Å². The number of carbonyl (C=O) groups is 11. The van der Waals surface area contributed by atoms with Crippen molar-refractivity contribution in [1.82, 2.24) is 55.6 Å². The molecular weight excluding hydrogens is 1100 g/mol. The van der Waals surface area contributed by atoms with Crippen LogP contribution in [0, 0.1) is 41.4 Å². The Morgan fingerprint density at radius 2 is 0.767 bits per heavy atom. The van der Waals surface area contributed by atoms with Crippen LogP contribution in [-0.2, 0) is 52.7 Å². The van der Waals surface area contributed by atoms with E-state index in [0.29, 0.717) is 6.42 Å². The number of nitrogens with one attached hydrogen (secondary N) is 4. The summed E-state index contributed by atoms with van der Waals surface area (Å²) >= 11 is 0. The molecule has 1 rings (SSSR count). The van der Waals surface area contributed by atoms with Crippen molar-refractivity contribution in [1.29, 1.82) is 0 Å². The average molecular weight is 1220 g/mol. The van der Waals surface area contributed by atoms with Crippen LogP contribution in [0.5, 0.6) is 0 Å². The van der Waals surface area contributed by atoms with E-state index in [9.17, 15) is 48.3 Å². The van der Waals surface area contributed by atoms with E-state index in [-0.39, 0.29) is 68.1 Å². The first-order valence-corrected chi connectivity index (χ1v) is 31.1. The Morgan fingerprint density at radius 1 is 0.407 bits per heavy atom. The third-order valence-electron chi connectivity index (χ3n) is 16.4. The molecule has 1 heterocycles. The zero-order valence-electron chi connectivity index (χ0n) is 56.8. The molecular formula is C63H113N11O12. The molecule has 23 nitrogen and oxygen atoms in total. The molecule has 0 aromatic heterocycles. The predicted octanol–water partition coefficient (Wildman–Crippen LogP) is 3.66. The van der Waals surface area contributed by atoms with Crippen LogP contribution in [0.15, 0.2) is 12.2 Å². The maximum Gasteiger partial charge on any atom is 0.248 e. The third kappa shape index (κ3) is 21.6. The highest BCUT2D eigenvalue weighted by molar-refractivity contribution is 6.00. The van der Waals surface area contributed by atoms with Crippen molar-refractivity contribution in [2.24, 2.45) is 41.4 Å². The van der Waals surface area contributed by atoms with Crippen LogP contribution in [0.3, 0.4) is 0 Å². The molecule has 0 aliphatic carbocycles. The quantitative estimate of drug-likeness (QED) is 0.139. The maximum absolute atomic E-state index is 15.1. The highest BCUT2D eigenvalue weighted by atomic mass is 16.3. The second-order valence-electron chi connectivity index (χ2n) is 26.4. The molecule has 11 amide bonds. The van der Waals surface area contributed by atoms with Crippen molar-refractivity contribution in [3.05, 3.63) is 12.2 Å².